The van der Waals surface area contributed by atoms with Crippen molar-refractivity contribution in [1.82, 2.24) is 24.1 Å². The number of benzene rings is 3. The number of aromatic amines is 1. The molecule has 0 saturated heterocycles. The maximum Gasteiger partial charge on any atom is 0.329 e. The summed E-state index contributed by atoms with van der Waals surface area (Å²) in [5, 5.41) is 10.8. The topological polar surface area (TPSA) is 126 Å². The number of Topliss-reactive ketones (excluding diaryl/α,β-unsaturated/α-hetero) is 1. The van der Waals surface area contributed by atoms with E-state index in [-0.39, 0.29) is 29.2 Å². The Morgan fingerprint density at radius 1 is 0.907 bits per heavy atom. The third kappa shape index (κ3) is 5.41. The molecule has 0 amide bonds. The number of hydrogen-bond acceptors (Lipinski definition) is 7. The molecule has 0 radical (unpaired) electrons. The molecule has 9 nitrogen and oxygen atoms in total. The summed E-state index contributed by atoms with van der Waals surface area (Å²) in [5.41, 5.74) is 3.17. The zero-order valence-electron chi connectivity index (χ0n) is 23.0. The maximum absolute atomic E-state index is 13.3. The lowest BCUT2D eigenvalue weighted by atomic mass is 9.99. The molecule has 0 saturated carbocycles. The van der Waals surface area contributed by atoms with E-state index in [1.807, 2.05) is 72.8 Å². The summed E-state index contributed by atoms with van der Waals surface area (Å²) < 4.78 is 2.79. The van der Waals surface area contributed by atoms with Crippen LogP contribution in [-0.4, -0.2) is 29.9 Å². The molecule has 0 bridgehead atoms. The fourth-order valence-electron chi connectivity index (χ4n) is 4.89. The Morgan fingerprint density at radius 3 is 2.19 bits per heavy atom. The largest absolute Gasteiger partial charge is 0.329 e. The van der Waals surface area contributed by atoms with Gasteiger partial charge in [-0.25, -0.2) is 14.8 Å². The molecule has 0 unspecified atom stereocenters. The number of carbonyl (C=O) groups is 1. The van der Waals surface area contributed by atoms with Crippen molar-refractivity contribution in [2.75, 3.05) is 0 Å². The molecule has 6 aromatic rings. The Kier molecular flexibility index (Phi) is 7.56. The monoisotopic (exact) mass is 584 g/mol. The number of nitrogens with one attached hydrogen (secondary N) is 1. The second-order valence-electron chi connectivity index (χ2n) is 9.76. The lowest BCUT2D eigenvalue weighted by Crippen LogP contribution is -2.29. The van der Waals surface area contributed by atoms with Gasteiger partial charge in [-0.3, -0.25) is 19.1 Å². The fourth-order valence-corrected chi connectivity index (χ4v) is 5.84. The van der Waals surface area contributed by atoms with Gasteiger partial charge >= 0.3 is 5.69 Å². The lowest BCUT2D eigenvalue weighted by molar-refractivity contribution is 0.0972. The summed E-state index contributed by atoms with van der Waals surface area (Å²) in [4.78, 5) is 50.4. The van der Waals surface area contributed by atoms with Crippen molar-refractivity contribution in [2.24, 2.45) is 7.05 Å². The summed E-state index contributed by atoms with van der Waals surface area (Å²) >= 11 is 1.28. The van der Waals surface area contributed by atoms with E-state index in [9.17, 15) is 19.6 Å². The SMILES string of the molecule is Cn1c(=O)[nH]c(=O)c2c1nc(CSc1nc(-c3ccccc3)cc(-c3ccccc3)c1C#N)n2CC(=O)c1ccccc1. The Morgan fingerprint density at radius 2 is 1.53 bits per heavy atom. The number of fused-ring (bicyclic) bond motifs is 1. The first kappa shape index (κ1) is 27.6. The Bertz CT molecular complexity index is 2130. The second-order valence-corrected chi connectivity index (χ2v) is 10.7. The van der Waals surface area contributed by atoms with Gasteiger partial charge in [0.15, 0.2) is 16.9 Å². The van der Waals surface area contributed by atoms with Crippen LogP contribution < -0.4 is 11.2 Å². The number of aromatic nitrogens is 5. The standard InChI is InChI=1S/C33H24N6O3S/c1-38-30-29(31(41)37-33(38)42)39(19-27(40)23-15-9-4-10-16-23)28(36-30)20-43-32-25(18-34)24(21-11-5-2-6-12-21)17-26(35-32)22-13-7-3-8-14-22/h2-17H,19-20H2,1H3,(H,37,41,42). The number of nitriles is 1. The van der Waals surface area contributed by atoms with E-state index < -0.39 is 11.2 Å². The summed E-state index contributed by atoms with van der Waals surface area (Å²) in [5.74, 6) is 0.360. The van der Waals surface area contributed by atoms with Crippen LogP contribution in [0, 0.1) is 11.3 Å². The molecule has 1 N–H and O–H groups in total. The summed E-state index contributed by atoms with van der Waals surface area (Å²) in [6.07, 6.45) is 0. The molecule has 0 atom stereocenters. The number of imidazole rings is 1. The number of ketones is 1. The highest BCUT2D eigenvalue weighted by Crippen LogP contribution is 2.35. The molecule has 3 heterocycles. The van der Waals surface area contributed by atoms with Gasteiger partial charge in [0, 0.05) is 23.7 Å². The molecule has 3 aromatic carbocycles. The van der Waals surface area contributed by atoms with Gasteiger partial charge in [-0.2, -0.15) is 5.26 Å². The number of H-pyrrole nitrogens is 1. The van der Waals surface area contributed by atoms with E-state index in [0.29, 0.717) is 27.7 Å². The predicted molar refractivity (Wildman–Crippen MR) is 166 cm³/mol. The number of hydrogen-bond donors (Lipinski definition) is 1. The lowest BCUT2D eigenvalue weighted by Gasteiger charge is -2.13. The molecule has 43 heavy (non-hydrogen) atoms. The molecule has 6 rings (SSSR count). The van der Waals surface area contributed by atoms with Gasteiger partial charge in [0.1, 0.15) is 16.9 Å². The zero-order chi connectivity index (χ0) is 29.9. The predicted octanol–water partition coefficient (Wildman–Crippen LogP) is 5.20. The van der Waals surface area contributed by atoms with E-state index in [0.717, 1.165) is 16.7 Å². The van der Waals surface area contributed by atoms with Crippen LogP contribution in [0.25, 0.3) is 33.5 Å². The molecular formula is C33H24N6O3S. The third-order valence-electron chi connectivity index (χ3n) is 7.07. The normalized spacial score (nSPS) is 11.0. The van der Waals surface area contributed by atoms with Gasteiger partial charge in [0.05, 0.1) is 23.6 Å². The minimum Gasteiger partial charge on any atom is -0.313 e. The Balaban J connectivity index is 1.47. The van der Waals surface area contributed by atoms with E-state index in [1.54, 1.807) is 28.8 Å². The number of aryl methyl sites for hydroxylation is 1. The van der Waals surface area contributed by atoms with Gasteiger partial charge in [0.25, 0.3) is 5.56 Å². The zero-order valence-corrected chi connectivity index (χ0v) is 23.8. The molecule has 3 aromatic heterocycles. The molecule has 0 aliphatic rings. The van der Waals surface area contributed by atoms with Crippen molar-refractivity contribution >= 4 is 28.7 Å². The van der Waals surface area contributed by atoms with Gasteiger partial charge in [-0.1, -0.05) is 103 Å². The van der Waals surface area contributed by atoms with Crippen LogP contribution in [0.5, 0.6) is 0 Å². The molecule has 210 valence electrons. The van der Waals surface area contributed by atoms with Gasteiger partial charge < -0.3 is 4.57 Å². The van der Waals surface area contributed by atoms with Crippen molar-refractivity contribution < 1.29 is 4.79 Å². The highest BCUT2D eigenvalue weighted by atomic mass is 32.2. The quantitative estimate of drug-likeness (QED) is 0.192. The van der Waals surface area contributed by atoms with Crippen LogP contribution in [0.1, 0.15) is 21.7 Å². The summed E-state index contributed by atoms with van der Waals surface area (Å²) in [7, 11) is 1.51. The number of pyridine rings is 1. The molecular weight excluding hydrogens is 560 g/mol. The first-order valence-corrected chi connectivity index (χ1v) is 14.4. The minimum atomic E-state index is -0.629. The number of thioether (sulfide) groups is 1. The van der Waals surface area contributed by atoms with Crippen LogP contribution in [-0.2, 0) is 19.3 Å². The van der Waals surface area contributed by atoms with Crippen molar-refractivity contribution in [1.29, 1.82) is 5.26 Å². The van der Waals surface area contributed by atoms with Crippen molar-refractivity contribution in [3.8, 4) is 28.5 Å². The van der Waals surface area contributed by atoms with E-state index >= 15 is 0 Å². The van der Waals surface area contributed by atoms with Crippen molar-refractivity contribution in [2.45, 2.75) is 17.3 Å². The fraction of sp³-hybridized carbons (Fsp3) is 0.0909. The van der Waals surface area contributed by atoms with Crippen molar-refractivity contribution in [3.63, 3.8) is 0 Å². The number of carbonyl (C=O) groups excluding carboxylic acids is 1. The van der Waals surface area contributed by atoms with Gasteiger partial charge in [-0.05, 0) is 11.6 Å². The van der Waals surface area contributed by atoms with Crippen LogP contribution in [0.15, 0.2) is 112 Å². The Hall–Kier alpha value is -5.53. The first-order valence-electron chi connectivity index (χ1n) is 13.4. The van der Waals surface area contributed by atoms with Crippen LogP contribution in [0.2, 0.25) is 0 Å². The first-order chi connectivity index (χ1) is 20.9. The van der Waals surface area contributed by atoms with Crippen molar-refractivity contribution in [3.05, 3.63) is 135 Å². The van der Waals surface area contributed by atoms with E-state index in [2.05, 4.69) is 16.0 Å². The van der Waals surface area contributed by atoms with Gasteiger partial charge in [0.2, 0.25) is 0 Å². The maximum atomic E-state index is 13.3. The second kappa shape index (κ2) is 11.8. The molecule has 0 aliphatic carbocycles. The molecule has 0 fully saturated rings. The molecule has 0 spiro atoms. The Labute approximate surface area is 250 Å². The molecule has 0 aliphatic heterocycles. The molecule has 10 heteroatoms. The number of rotatable bonds is 8. The van der Waals surface area contributed by atoms with Gasteiger partial charge in [-0.15, -0.1) is 0 Å². The highest BCUT2D eigenvalue weighted by molar-refractivity contribution is 7.98. The third-order valence-corrected chi connectivity index (χ3v) is 8.05. The minimum absolute atomic E-state index is 0.124. The van der Waals surface area contributed by atoms with Crippen LogP contribution in [0.3, 0.4) is 0 Å². The summed E-state index contributed by atoms with van der Waals surface area (Å²) in [6, 6.07) is 32.4. The average Bonchev–Trinajstić information content (AvgIpc) is 3.41. The smallest absolute Gasteiger partial charge is 0.313 e. The van der Waals surface area contributed by atoms with E-state index in [1.165, 1.54) is 23.4 Å². The number of nitrogens with zero attached hydrogens (tertiary/aromatic N) is 5. The van der Waals surface area contributed by atoms with Crippen LogP contribution >= 0.6 is 11.8 Å². The average molecular weight is 585 g/mol. The highest BCUT2D eigenvalue weighted by Gasteiger charge is 2.22. The van der Waals surface area contributed by atoms with E-state index in [4.69, 9.17) is 4.98 Å². The summed E-state index contributed by atoms with van der Waals surface area (Å²) in [6.45, 7) is -0.157. The van der Waals surface area contributed by atoms with Crippen LogP contribution in [0.4, 0.5) is 0 Å².